The number of amides is 2. The summed E-state index contributed by atoms with van der Waals surface area (Å²) in [5.41, 5.74) is 3.93. The number of carbonyl (C=O) groups excluding carboxylic acids is 3. The minimum absolute atomic E-state index is 0.0336. The van der Waals surface area contributed by atoms with E-state index in [1.165, 1.54) is 17.0 Å². The first kappa shape index (κ1) is 37.9. The smallest absolute Gasteiger partial charge is 0.337 e. The normalized spacial score (nSPS) is 18.1. The van der Waals surface area contributed by atoms with E-state index in [2.05, 4.69) is 21.2 Å². The molecule has 51 heavy (non-hydrogen) atoms. The van der Waals surface area contributed by atoms with Gasteiger partial charge in [-0.1, -0.05) is 54.1 Å². The average molecular weight is 787 g/mol. The molecule has 5 rings (SSSR count). The molecule has 0 saturated carbocycles. The molecule has 14 heteroatoms. The largest absolute Gasteiger partial charge is 0.492 e. The maximum absolute atomic E-state index is 14.5. The second kappa shape index (κ2) is 17.3. The molecule has 0 radical (unpaired) electrons. The number of carbonyl (C=O) groups is 4. The topological polar surface area (TPSA) is 146 Å². The van der Waals surface area contributed by atoms with Gasteiger partial charge in [0.05, 0.1) is 17.1 Å². The highest BCUT2D eigenvalue weighted by molar-refractivity contribution is 9.10. The average Bonchev–Trinajstić information content (AvgIpc) is 3.12. The number of rotatable bonds is 15. The highest BCUT2D eigenvalue weighted by atomic mass is 79.9. The zero-order valence-corrected chi connectivity index (χ0v) is 30.1. The number of hydrogen-bond donors (Lipinski definition) is 3. The number of hydrogen-bond acceptors (Lipinski definition) is 8. The first-order valence-corrected chi connectivity index (χ1v) is 17.7. The number of carboxylic acid groups (broad SMARTS) is 1. The van der Waals surface area contributed by atoms with Crippen LogP contribution < -0.4 is 10.1 Å². The standard InChI is InChI=1S/C37H38BrClFN3O8/c1-2-42(18-24-7-3-4-8-29(24)39)35(46)32-27(17-26-19-43(20-30(32)41-26)36(47)34(51-21-44)33(45)37(48)49)23-11-9-22(10-12-23)6-5-15-50-31-16-25(40)13-14-28(31)38/h3-4,7-14,16,21,26,30,33-34,41,45H,2,5-6,15,17-20H2,1H3,(H,48,49)/t26-,30+,33-,34-/m0/s1. The number of aryl methyl sites for hydroxylation is 1. The van der Waals surface area contributed by atoms with Crippen LogP contribution in [0.1, 0.15) is 36.5 Å². The molecule has 2 aliphatic heterocycles. The Morgan fingerprint density at radius 1 is 1.14 bits per heavy atom. The van der Waals surface area contributed by atoms with Crippen molar-refractivity contribution in [3.63, 3.8) is 0 Å². The number of nitrogens with one attached hydrogen (secondary N) is 1. The van der Waals surface area contributed by atoms with Gasteiger partial charge >= 0.3 is 5.97 Å². The molecule has 0 aromatic heterocycles. The fraction of sp³-hybridized carbons (Fsp3) is 0.351. The molecular formula is C37H38BrClFN3O8. The molecule has 0 unspecified atom stereocenters. The van der Waals surface area contributed by atoms with Crippen molar-refractivity contribution in [2.45, 2.75) is 57.0 Å². The Hall–Kier alpha value is -4.30. The van der Waals surface area contributed by atoms with Gasteiger partial charge in [-0.2, -0.15) is 0 Å². The van der Waals surface area contributed by atoms with Gasteiger partial charge in [-0.3, -0.25) is 14.4 Å². The van der Waals surface area contributed by atoms with Crippen molar-refractivity contribution in [2.24, 2.45) is 0 Å². The lowest BCUT2D eigenvalue weighted by atomic mass is 9.82. The molecule has 270 valence electrons. The van der Waals surface area contributed by atoms with Gasteiger partial charge in [0.25, 0.3) is 18.3 Å². The lowest BCUT2D eigenvalue weighted by Crippen LogP contribution is -2.64. The summed E-state index contributed by atoms with van der Waals surface area (Å²) in [6, 6.07) is 18.5. The summed E-state index contributed by atoms with van der Waals surface area (Å²) in [6.45, 7) is 2.89. The molecule has 2 heterocycles. The molecule has 0 aliphatic carbocycles. The van der Waals surface area contributed by atoms with Crippen LogP contribution in [0.15, 0.2) is 76.8 Å². The molecule has 2 amide bonds. The van der Waals surface area contributed by atoms with Crippen molar-refractivity contribution < 1.29 is 43.3 Å². The minimum atomic E-state index is -2.26. The van der Waals surface area contributed by atoms with Crippen LogP contribution in [-0.2, 0) is 36.9 Å². The van der Waals surface area contributed by atoms with E-state index in [4.69, 9.17) is 21.1 Å². The summed E-state index contributed by atoms with van der Waals surface area (Å²) in [7, 11) is 0. The number of aliphatic hydroxyl groups is 1. The van der Waals surface area contributed by atoms with Gasteiger partial charge in [-0.15, -0.1) is 0 Å². The van der Waals surface area contributed by atoms with E-state index in [0.29, 0.717) is 53.2 Å². The van der Waals surface area contributed by atoms with Crippen molar-refractivity contribution in [3.05, 3.63) is 104 Å². The van der Waals surface area contributed by atoms with Crippen molar-refractivity contribution in [2.75, 3.05) is 26.2 Å². The van der Waals surface area contributed by atoms with Crippen LogP contribution in [0.2, 0.25) is 5.02 Å². The first-order valence-electron chi connectivity index (χ1n) is 16.5. The molecule has 3 aromatic rings. The highest BCUT2D eigenvalue weighted by Crippen LogP contribution is 2.35. The predicted molar refractivity (Wildman–Crippen MR) is 190 cm³/mol. The molecular weight excluding hydrogens is 749 g/mol. The number of likely N-dealkylation sites (N-methyl/N-ethyl adjacent to an activating group) is 1. The summed E-state index contributed by atoms with van der Waals surface area (Å²) in [6.07, 6.45) is -2.45. The second-order valence-electron chi connectivity index (χ2n) is 12.3. The number of aliphatic hydroxyl groups excluding tert-OH is 1. The number of aliphatic carboxylic acids is 1. The minimum Gasteiger partial charge on any atom is -0.492 e. The Kier molecular flexibility index (Phi) is 12.9. The van der Waals surface area contributed by atoms with Gasteiger partial charge in [0.2, 0.25) is 6.10 Å². The predicted octanol–water partition coefficient (Wildman–Crippen LogP) is 4.62. The zero-order valence-electron chi connectivity index (χ0n) is 27.8. The molecule has 11 nitrogen and oxygen atoms in total. The molecule has 1 saturated heterocycles. The van der Waals surface area contributed by atoms with Crippen LogP contribution in [0.3, 0.4) is 0 Å². The molecule has 4 atom stereocenters. The quantitative estimate of drug-likeness (QED) is 0.149. The van der Waals surface area contributed by atoms with Crippen molar-refractivity contribution in [1.29, 1.82) is 0 Å². The highest BCUT2D eigenvalue weighted by Gasteiger charge is 2.44. The fourth-order valence-corrected chi connectivity index (χ4v) is 6.99. The van der Waals surface area contributed by atoms with Gasteiger partial charge in [0.1, 0.15) is 11.6 Å². The second-order valence-corrected chi connectivity index (χ2v) is 13.6. The van der Waals surface area contributed by atoms with E-state index in [1.54, 1.807) is 17.0 Å². The summed E-state index contributed by atoms with van der Waals surface area (Å²) in [5.74, 6) is -2.78. The Morgan fingerprint density at radius 2 is 1.88 bits per heavy atom. The zero-order chi connectivity index (χ0) is 36.7. The lowest BCUT2D eigenvalue weighted by molar-refractivity contribution is -0.170. The number of halogens is 3. The Morgan fingerprint density at radius 3 is 2.57 bits per heavy atom. The van der Waals surface area contributed by atoms with Gasteiger partial charge in [0.15, 0.2) is 6.10 Å². The molecule has 2 aliphatic rings. The first-order chi connectivity index (χ1) is 24.5. The van der Waals surface area contributed by atoms with Gasteiger partial charge < -0.3 is 34.8 Å². The van der Waals surface area contributed by atoms with E-state index >= 15 is 0 Å². The number of nitrogens with zero attached hydrogens (tertiary/aromatic N) is 2. The third-order valence-corrected chi connectivity index (χ3v) is 10.0. The van der Waals surface area contributed by atoms with E-state index in [9.17, 15) is 33.8 Å². The number of benzene rings is 3. The SMILES string of the molecule is CCN(Cc1ccccc1Cl)C(=O)C1=C(c2ccc(CCCOc3cc(F)ccc3Br)cc2)C[C@H]2CN(C(=O)[C@@H](OC=O)[C@H](O)C(=O)O)C[C@H]1N2. The third kappa shape index (κ3) is 9.14. The monoisotopic (exact) mass is 785 g/mol. The van der Waals surface area contributed by atoms with Gasteiger partial charge in [-0.25, -0.2) is 9.18 Å². The van der Waals surface area contributed by atoms with Crippen LogP contribution in [0.5, 0.6) is 5.75 Å². The van der Waals surface area contributed by atoms with Crippen molar-refractivity contribution in [3.8, 4) is 5.75 Å². The van der Waals surface area contributed by atoms with Gasteiger partial charge in [0, 0.05) is 48.9 Å². The maximum Gasteiger partial charge on any atom is 0.337 e. The van der Waals surface area contributed by atoms with E-state index in [-0.39, 0.29) is 43.9 Å². The summed E-state index contributed by atoms with van der Waals surface area (Å²) >= 11 is 9.83. The summed E-state index contributed by atoms with van der Waals surface area (Å²) < 4.78 is 24.8. The van der Waals surface area contributed by atoms with E-state index in [1.807, 2.05) is 49.4 Å². The summed E-state index contributed by atoms with van der Waals surface area (Å²) in [5, 5.41) is 23.4. The number of piperazine rings is 1. The number of ether oxygens (including phenoxy) is 2. The third-order valence-electron chi connectivity index (χ3n) is 8.98. The Bertz CT molecular complexity index is 1790. The van der Waals surface area contributed by atoms with Crippen LogP contribution in [-0.4, -0.2) is 94.8 Å². The Balaban J connectivity index is 1.40. The molecule has 2 bridgehead atoms. The number of carboxylic acids is 1. The Labute approximate surface area is 308 Å². The van der Waals surface area contributed by atoms with E-state index in [0.717, 1.165) is 22.3 Å². The van der Waals surface area contributed by atoms with Crippen molar-refractivity contribution in [1.82, 2.24) is 15.1 Å². The van der Waals surface area contributed by atoms with Crippen LogP contribution in [0.25, 0.3) is 5.57 Å². The van der Waals surface area contributed by atoms with Crippen molar-refractivity contribution >= 4 is 57.4 Å². The molecule has 3 N–H and O–H groups in total. The van der Waals surface area contributed by atoms with Gasteiger partial charge in [-0.05, 0) is 82.6 Å². The maximum atomic E-state index is 14.5. The fourth-order valence-electron chi connectivity index (χ4n) is 6.43. The lowest BCUT2D eigenvalue weighted by Gasteiger charge is -2.45. The summed E-state index contributed by atoms with van der Waals surface area (Å²) in [4.78, 5) is 53.6. The van der Waals surface area contributed by atoms with Crippen LogP contribution in [0.4, 0.5) is 4.39 Å². The molecule has 1 fully saturated rings. The van der Waals surface area contributed by atoms with Crippen LogP contribution >= 0.6 is 27.5 Å². The van der Waals surface area contributed by atoms with E-state index < -0.39 is 30.1 Å². The molecule has 3 aromatic carbocycles. The molecule has 0 spiro atoms. The van der Waals surface area contributed by atoms with Crippen LogP contribution in [0, 0.1) is 5.82 Å². The number of fused-ring (bicyclic) bond motifs is 2.